The Bertz CT molecular complexity index is 703. The van der Waals surface area contributed by atoms with E-state index in [0.29, 0.717) is 23.4 Å². The molecule has 122 valence electrons. The number of hydrogen-bond donors (Lipinski definition) is 2. The molecule has 5 heteroatoms. The predicted octanol–water partition coefficient (Wildman–Crippen LogP) is 4.47. The Hall–Kier alpha value is -2.56. The summed E-state index contributed by atoms with van der Waals surface area (Å²) in [6.07, 6.45) is 3.41. The molecule has 2 aromatic rings. The van der Waals surface area contributed by atoms with E-state index < -0.39 is 5.97 Å². The summed E-state index contributed by atoms with van der Waals surface area (Å²) < 4.78 is 5.34. The molecule has 2 rings (SSSR count). The lowest BCUT2D eigenvalue weighted by Crippen LogP contribution is -2.12. The molecule has 1 aromatic carbocycles. The molecule has 0 aliphatic carbocycles. The maximum absolute atomic E-state index is 12.1. The fourth-order valence-corrected chi connectivity index (χ4v) is 2.32. The number of anilines is 1. The molecule has 23 heavy (non-hydrogen) atoms. The third-order valence-corrected chi connectivity index (χ3v) is 3.54. The second-order valence-corrected chi connectivity index (χ2v) is 5.52. The van der Waals surface area contributed by atoms with Crippen molar-refractivity contribution in [2.75, 3.05) is 5.32 Å². The summed E-state index contributed by atoms with van der Waals surface area (Å²) in [4.78, 5) is 23.0. The van der Waals surface area contributed by atoms with Crippen molar-refractivity contribution in [1.29, 1.82) is 0 Å². The van der Waals surface area contributed by atoms with Crippen molar-refractivity contribution in [2.45, 2.75) is 39.5 Å². The molecule has 0 fully saturated rings. The zero-order valence-electron chi connectivity index (χ0n) is 13.4. The predicted molar refractivity (Wildman–Crippen MR) is 88.6 cm³/mol. The third kappa shape index (κ3) is 4.45. The molecule has 0 radical (unpaired) electrons. The molecular weight excluding hydrogens is 294 g/mol. The number of aromatic carboxylic acids is 1. The summed E-state index contributed by atoms with van der Waals surface area (Å²) in [5.41, 5.74) is 2.31. The Morgan fingerprint density at radius 1 is 1.17 bits per heavy atom. The van der Waals surface area contributed by atoms with Crippen LogP contribution in [0, 0.1) is 6.92 Å². The molecule has 1 amide bonds. The van der Waals surface area contributed by atoms with Crippen molar-refractivity contribution in [2.24, 2.45) is 0 Å². The third-order valence-electron chi connectivity index (χ3n) is 3.54. The van der Waals surface area contributed by atoms with Crippen molar-refractivity contribution in [3.63, 3.8) is 0 Å². The standard InChI is InChI=1S/C18H21NO4/c1-3-4-5-6-17(20)19-14-11-12(2)7-8-13(14)15-9-10-16(23-15)18(21)22/h7-11H,3-6H2,1-2H3,(H,19,20)(H,21,22). The van der Waals surface area contributed by atoms with Gasteiger partial charge in [0.2, 0.25) is 11.7 Å². The number of unbranched alkanes of at least 4 members (excludes halogenated alkanes) is 2. The first-order valence-electron chi connectivity index (χ1n) is 7.75. The number of aryl methyl sites for hydroxylation is 1. The highest BCUT2D eigenvalue weighted by Crippen LogP contribution is 2.30. The summed E-state index contributed by atoms with van der Waals surface area (Å²) in [7, 11) is 0. The lowest BCUT2D eigenvalue weighted by molar-refractivity contribution is -0.116. The Balaban J connectivity index is 2.23. The van der Waals surface area contributed by atoms with Crippen molar-refractivity contribution in [1.82, 2.24) is 0 Å². The zero-order valence-corrected chi connectivity index (χ0v) is 13.4. The molecule has 0 saturated heterocycles. The van der Waals surface area contributed by atoms with Gasteiger partial charge in [-0.05, 0) is 43.2 Å². The highest BCUT2D eigenvalue weighted by atomic mass is 16.4. The van der Waals surface area contributed by atoms with Crippen LogP contribution < -0.4 is 5.32 Å². The van der Waals surface area contributed by atoms with Crippen molar-refractivity contribution in [3.05, 3.63) is 41.7 Å². The number of benzene rings is 1. The average Bonchev–Trinajstić information content (AvgIpc) is 2.97. The minimum atomic E-state index is -1.12. The van der Waals surface area contributed by atoms with Crippen LogP contribution in [0.1, 0.15) is 48.7 Å². The molecule has 0 bridgehead atoms. The van der Waals surface area contributed by atoms with Crippen LogP contribution in [0.5, 0.6) is 0 Å². The Morgan fingerprint density at radius 3 is 2.61 bits per heavy atom. The molecule has 0 aliphatic rings. The van der Waals surface area contributed by atoms with Crippen LogP contribution in [0.15, 0.2) is 34.7 Å². The Morgan fingerprint density at radius 2 is 1.96 bits per heavy atom. The van der Waals surface area contributed by atoms with Crippen LogP contribution in [0.25, 0.3) is 11.3 Å². The first kappa shape index (κ1) is 16.8. The van der Waals surface area contributed by atoms with E-state index in [1.165, 1.54) is 6.07 Å². The number of hydrogen-bond acceptors (Lipinski definition) is 3. The highest BCUT2D eigenvalue weighted by molar-refractivity contribution is 5.95. The number of furan rings is 1. The lowest BCUT2D eigenvalue weighted by atomic mass is 10.1. The quantitative estimate of drug-likeness (QED) is 0.739. The molecule has 0 atom stereocenters. The van der Waals surface area contributed by atoms with E-state index in [1.807, 2.05) is 25.1 Å². The normalized spacial score (nSPS) is 10.5. The average molecular weight is 315 g/mol. The first-order chi connectivity index (χ1) is 11.0. The summed E-state index contributed by atoms with van der Waals surface area (Å²) >= 11 is 0. The fraction of sp³-hybridized carbons (Fsp3) is 0.333. The number of carboxylic acid groups (broad SMARTS) is 1. The van der Waals surface area contributed by atoms with E-state index in [1.54, 1.807) is 6.07 Å². The monoisotopic (exact) mass is 315 g/mol. The Kier molecular flexibility index (Phi) is 5.57. The molecule has 2 N–H and O–H groups in total. The van der Waals surface area contributed by atoms with Crippen LogP contribution >= 0.6 is 0 Å². The van der Waals surface area contributed by atoms with E-state index in [2.05, 4.69) is 12.2 Å². The van der Waals surface area contributed by atoms with Gasteiger partial charge in [0.05, 0.1) is 5.69 Å². The molecule has 5 nitrogen and oxygen atoms in total. The summed E-state index contributed by atoms with van der Waals surface area (Å²) in [6, 6.07) is 8.58. The van der Waals surface area contributed by atoms with Gasteiger partial charge in [-0.15, -0.1) is 0 Å². The van der Waals surface area contributed by atoms with Crippen LogP contribution in [0.2, 0.25) is 0 Å². The second-order valence-electron chi connectivity index (χ2n) is 5.52. The Labute approximate surface area is 135 Å². The van der Waals surface area contributed by atoms with E-state index in [9.17, 15) is 9.59 Å². The molecule has 0 aliphatic heterocycles. The van der Waals surface area contributed by atoms with Crippen LogP contribution in [0.4, 0.5) is 5.69 Å². The molecule has 0 saturated carbocycles. The minimum absolute atomic E-state index is 0.0460. The van der Waals surface area contributed by atoms with Gasteiger partial charge in [-0.2, -0.15) is 0 Å². The van der Waals surface area contributed by atoms with Crippen molar-refractivity contribution < 1.29 is 19.1 Å². The summed E-state index contributed by atoms with van der Waals surface area (Å²) in [5, 5.41) is 11.9. The van der Waals surface area contributed by atoms with Gasteiger partial charge in [0.1, 0.15) is 5.76 Å². The lowest BCUT2D eigenvalue weighted by Gasteiger charge is -2.10. The van der Waals surface area contributed by atoms with Gasteiger partial charge in [-0.1, -0.05) is 25.8 Å². The van der Waals surface area contributed by atoms with Crippen LogP contribution in [-0.2, 0) is 4.79 Å². The van der Waals surface area contributed by atoms with Gasteiger partial charge < -0.3 is 14.8 Å². The minimum Gasteiger partial charge on any atom is -0.475 e. The van der Waals surface area contributed by atoms with Gasteiger partial charge >= 0.3 is 5.97 Å². The van der Waals surface area contributed by atoms with Gasteiger partial charge in [-0.3, -0.25) is 4.79 Å². The van der Waals surface area contributed by atoms with Crippen molar-refractivity contribution >= 4 is 17.6 Å². The van der Waals surface area contributed by atoms with Crippen molar-refractivity contribution in [3.8, 4) is 11.3 Å². The van der Waals surface area contributed by atoms with Gasteiger partial charge in [0.15, 0.2) is 0 Å². The number of amides is 1. The van der Waals surface area contributed by atoms with Crippen LogP contribution in [-0.4, -0.2) is 17.0 Å². The maximum atomic E-state index is 12.1. The van der Waals surface area contributed by atoms with E-state index in [-0.39, 0.29) is 11.7 Å². The number of carbonyl (C=O) groups is 2. The molecule has 1 aromatic heterocycles. The van der Waals surface area contributed by atoms with Crippen LogP contribution in [0.3, 0.4) is 0 Å². The molecule has 0 spiro atoms. The number of nitrogens with one attached hydrogen (secondary N) is 1. The molecule has 1 heterocycles. The first-order valence-corrected chi connectivity index (χ1v) is 7.75. The van der Waals surface area contributed by atoms with Gasteiger partial charge in [-0.25, -0.2) is 4.79 Å². The molecule has 0 unspecified atom stereocenters. The maximum Gasteiger partial charge on any atom is 0.371 e. The van der Waals surface area contributed by atoms with E-state index >= 15 is 0 Å². The number of carbonyl (C=O) groups excluding carboxylic acids is 1. The van der Waals surface area contributed by atoms with Gasteiger partial charge in [0, 0.05) is 12.0 Å². The number of carboxylic acids is 1. The van der Waals surface area contributed by atoms with Gasteiger partial charge in [0.25, 0.3) is 0 Å². The smallest absolute Gasteiger partial charge is 0.371 e. The molecular formula is C18H21NO4. The van der Waals surface area contributed by atoms with E-state index in [4.69, 9.17) is 9.52 Å². The summed E-state index contributed by atoms with van der Waals surface area (Å²) in [6.45, 7) is 4.02. The fourth-order valence-electron chi connectivity index (χ4n) is 2.32. The van der Waals surface area contributed by atoms with E-state index in [0.717, 1.165) is 24.8 Å². The largest absolute Gasteiger partial charge is 0.475 e. The highest BCUT2D eigenvalue weighted by Gasteiger charge is 2.14. The number of rotatable bonds is 7. The second kappa shape index (κ2) is 7.63. The SMILES string of the molecule is CCCCCC(=O)Nc1cc(C)ccc1-c1ccc(C(=O)O)o1. The topological polar surface area (TPSA) is 79.5 Å². The zero-order chi connectivity index (χ0) is 16.8. The summed E-state index contributed by atoms with van der Waals surface area (Å²) in [5.74, 6) is -0.865.